The van der Waals surface area contributed by atoms with E-state index >= 15 is 0 Å². The lowest BCUT2D eigenvalue weighted by molar-refractivity contribution is -0.137. The first-order chi connectivity index (χ1) is 10.5. The fourth-order valence-corrected chi connectivity index (χ4v) is 5.21. The average Bonchev–Trinajstić information content (AvgIpc) is 3.16. The van der Waals surface area contributed by atoms with E-state index in [0.717, 1.165) is 17.7 Å². The Morgan fingerprint density at radius 2 is 1.52 bits per heavy atom. The van der Waals surface area contributed by atoms with Crippen LogP contribution in [0.15, 0.2) is 24.3 Å². The summed E-state index contributed by atoms with van der Waals surface area (Å²) in [6.45, 7) is 7.13. The molecule has 3 nitrogen and oxygen atoms in total. The Hall–Kier alpha value is -0.840. The Morgan fingerprint density at radius 1 is 1.04 bits per heavy atom. The van der Waals surface area contributed by atoms with E-state index in [1.807, 2.05) is 0 Å². The zero-order valence-corrected chi connectivity index (χ0v) is 14.5. The molecule has 0 unspecified atom stereocenters. The van der Waals surface area contributed by atoms with Crippen molar-refractivity contribution in [1.29, 1.82) is 0 Å². The summed E-state index contributed by atoms with van der Waals surface area (Å²) in [4.78, 5) is 0. The largest absolute Gasteiger partial charge is 0.416 e. The van der Waals surface area contributed by atoms with Crippen LogP contribution in [0.25, 0.3) is 0 Å². The number of rotatable bonds is 6. The van der Waals surface area contributed by atoms with E-state index in [9.17, 15) is 17.7 Å². The van der Waals surface area contributed by atoms with E-state index in [0.29, 0.717) is 6.42 Å². The zero-order chi connectivity index (χ0) is 17.4. The van der Waals surface area contributed by atoms with Gasteiger partial charge in [0, 0.05) is 0 Å². The van der Waals surface area contributed by atoms with Gasteiger partial charge in [0.15, 0.2) is 0 Å². The van der Waals surface area contributed by atoms with Gasteiger partial charge in [-0.05, 0) is 57.7 Å². The third-order valence-corrected chi connectivity index (χ3v) is 6.36. The second kappa shape index (κ2) is 6.58. The van der Waals surface area contributed by atoms with Gasteiger partial charge in [0.05, 0.1) is 23.4 Å². The molecule has 0 spiro atoms. The molecule has 0 aromatic heterocycles. The van der Waals surface area contributed by atoms with Crippen molar-refractivity contribution >= 4 is 7.60 Å². The van der Waals surface area contributed by atoms with Gasteiger partial charge in [0.25, 0.3) is 0 Å². The Labute approximate surface area is 134 Å². The normalized spacial score (nSPS) is 22.0. The molecule has 130 valence electrons. The van der Waals surface area contributed by atoms with Crippen LogP contribution in [0.5, 0.6) is 0 Å². The third-order valence-electron chi connectivity index (χ3n) is 3.54. The molecule has 23 heavy (non-hydrogen) atoms. The van der Waals surface area contributed by atoms with Crippen LogP contribution in [-0.4, -0.2) is 17.9 Å². The maximum atomic E-state index is 13.0. The Balaban J connectivity index is 2.14. The van der Waals surface area contributed by atoms with Gasteiger partial charge >= 0.3 is 13.8 Å². The average molecular weight is 350 g/mol. The van der Waals surface area contributed by atoms with Gasteiger partial charge in [-0.25, -0.2) is 0 Å². The quantitative estimate of drug-likeness (QED) is 0.626. The summed E-state index contributed by atoms with van der Waals surface area (Å²) in [7, 11) is -3.28. The minimum atomic E-state index is -4.35. The van der Waals surface area contributed by atoms with Gasteiger partial charge < -0.3 is 9.05 Å². The van der Waals surface area contributed by atoms with Gasteiger partial charge in [0.2, 0.25) is 0 Å². The first-order valence-corrected chi connectivity index (χ1v) is 9.28. The van der Waals surface area contributed by atoms with Crippen LogP contribution in [0, 0.1) is 0 Å². The number of hydrogen-bond acceptors (Lipinski definition) is 3. The highest BCUT2D eigenvalue weighted by atomic mass is 31.2. The molecule has 0 aliphatic heterocycles. The summed E-state index contributed by atoms with van der Waals surface area (Å²) >= 11 is 0. The second-order valence-electron chi connectivity index (χ2n) is 6.38. The number of benzene rings is 1. The van der Waals surface area contributed by atoms with Crippen LogP contribution in [0.1, 0.15) is 51.2 Å². The highest BCUT2D eigenvalue weighted by molar-refractivity contribution is 7.55. The molecule has 0 saturated heterocycles. The summed E-state index contributed by atoms with van der Waals surface area (Å²) in [5, 5.41) is 0. The van der Waals surface area contributed by atoms with Crippen molar-refractivity contribution in [2.24, 2.45) is 0 Å². The molecule has 0 N–H and O–H groups in total. The summed E-state index contributed by atoms with van der Waals surface area (Å²) < 4.78 is 61.9. The van der Waals surface area contributed by atoms with E-state index in [-0.39, 0.29) is 23.8 Å². The van der Waals surface area contributed by atoms with Crippen molar-refractivity contribution in [2.45, 2.75) is 64.1 Å². The predicted octanol–water partition coefficient (Wildman–Crippen LogP) is 5.60. The lowest BCUT2D eigenvalue weighted by atomic mass is 10.1. The Morgan fingerprint density at radius 3 is 1.91 bits per heavy atom. The third kappa shape index (κ3) is 4.59. The van der Waals surface area contributed by atoms with Gasteiger partial charge in [-0.2, -0.15) is 13.2 Å². The molecule has 2 rings (SSSR count). The molecule has 1 aromatic carbocycles. The number of hydrogen-bond donors (Lipinski definition) is 0. The van der Waals surface area contributed by atoms with Crippen LogP contribution >= 0.6 is 7.60 Å². The Bertz CT molecular complexity index is 567. The monoisotopic (exact) mass is 350 g/mol. The van der Waals surface area contributed by atoms with Crippen LogP contribution < -0.4 is 0 Å². The summed E-state index contributed by atoms with van der Waals surface area (Å²) in [5.74, 6) is -0.0828. The highest BCUT2D eigenvalue weighted by Crippen LogP contribution is 2.69. The SMILES string of the molecule is CC(C)OP(=O)(OC(C)C)[C@@H]1C[C@@H]1c1ccc(C(F)(F)F)cc1. The fourth-order valence-electron chi connectivity index (χ4n) is 2.58. The standard InChI is InChI=1S/C16H22F3O3P/c1-10(2)21-23(20,22-11(3)4)15-9-14(15)12-5-7-13(8-6-12)16(17,18)19/h5-8,10-11,14-15H,9H2,1-4H3/t14-,15-/m1/s1. The minimum absolute atomic E-state index is 0.0828. The molecular weight excluding hydrogens is 328 g/mol. The van der Waals surface area contributed by atoms with Crippen molar-refractivity contribution < 1.29 is 26.8 Å². The molecule has 1 aliphatic carbocycles. The van der Waals surface area contributed by atoms with Crippen LogP contribution in [0.3, 0.4) is 0 Å². The summed E-state index contributed by atoms with van der Waals surface area (Å²) in [6, 6.07) is 5.01. The van der Waals surface area contributed by atoms with E-state index in [1.165, 1.54) is 12.1 Å². The first-order valence-electron chi connectivity index (χ1n) is 7.66. The van der Waals surface area contributed by atoms with Gasteiger partial charge in [-0.15, -0.1) is 0 Å². The van der Waals surface area contributed by atoms with Gasteiger partial charge in [-0.1, -0.05) is 12.1 Å². The molecule has 2 atom stereocenters. The molecule has 1 saturated carbocycles. The molecule has 0 bridgehead atoms. The van der Waals surface area contributed by atoms with Gasteiger partial charge in [-0.3, -0.25) is 4.57 Å². The molecule has 1 aromatic rings. The Kier molecular flexibility index (Phi) is 5.29. The van der Waals surface area contributed by atoms with Crippen molar-refractivity contribution in [2.75, 3.05) is 0 Å². The van der Waals surface area contributed by atoms with Crippen molar-refractivity contribution in [1.82, 2.24) is 0 Å². The van der Waals surface area contributed by atoms with Crippen LogP contribution in [-0.2, 0) is 19.8 Å². The highest BCUT2D eigenvalue weighted by Gasteiger charge is 2.54. The van der Waals surface area contributed by atoms with Crippen LogP contribution in [0.4, 0.5) is 13.2 Å². The molecule has 1 aliphatic rings. The topological polar surface area (TPSA) is 35.5 Å². The summed E-state index contributed by atoms with van der Waals surface area (Å²) in [5.41, 5.74) is -0.231. The van der Waals surface area contributed by atoms with Crippen molar-refractivity contribution in [3.63, 3.8) is 0 Å². The van der Waals surface area contributed by atoms with Crippen molar-refractivity contribution in [3.8, 4) is 0 Å². The van der Waals surface area contributed by atoms with E-state index < -0.39 is 19.3 Å². The molecular formula is C16H22F3O3P. The summed E-state index contributed by atoms with van der Waals surface area (Å²) in [6.07, 6.45) is -4.23. The number of halogens is 3. The molecule has 0 radical (unpaired) electrons. The molecule has 0 amide bonds. The molecule has 1 fully saturated rings. The smallest absolute Gasteiger partial charge is 0.306 e. The lowest BCUT2D eigenvalue weighted by Crippen LogP contribution is -2.11. The molecule has 7 heteroatoms. The second-order valence-corrected chi connectivity index (χ2v) is 8.54. The number of alkyl halides is 3. The zero-order valence-electron chi connectivity index (χ0n) is 13.6. The predicted molar refractivity (Wildman–Crippen MR) is 82.6 cm³/mol. The van der Waals surface area contributed by atoms with Crippen molar-refractivity contribution in [3.05, 3.63) is 35.4 Å². The maximum absolute atomic E-state index is 13.0. The van der Waals surface area contributed by atoms with E-state index in [1.54, 1.807) is 27.7 Å². The van der Waals surface area contributed by atoms with E-state index in [2.05, 4.69) is 0 Å². The maximum Gasteiger partial charge on any atom is 0.416 e. The lowest BCUT2D eigenvalue weighted by Gasteiger charge is -2.23. The minimum Gasteiger partial charge on any atom is -0.306 e. The van der Waals surface area contributed by atoms with Gasteiger partial charge in [0.1, 0.15) is 0 Å². The van der Waals surface area contributed by atoms with Crippen LogP contribution in [0.2, 0.25) is 0 Å². The fraction of sp³-hybridized carbons (Fsp3) is 0.625. The first kappa shape index (κ1) is 18.5. The van der Waals surface area contributed by atoms with E-state index in [4.69, 9.17) is 9.05 Å². The molecule has 0 heterocycles.